The number of benzene rings is 2. The minimum absolute atomic E-state index is 0.102. The van der Waals surface area contributed by atoms with Crippen molar-refractivity contribution in [1.82, 2.24) is 0 Å². The van der Waals surface area contributed by atoms with Crippen LogP contribution in [0.15, 0.2) is 59.5 Å². The number of carbonyl (C=O) groups excluding carboxylic acids is 1. The van der Waals surface area contributed by atoms with Crippen LogP contribution < -0.4 is 0 Å². The summed E-state index contributed by atoms with van der Waals surface area (Å²) in [5.74, 6) is -0.841. The standard InChI is InChI=1S/C22H26O6S/c1-16-8-10-21(11-9-16)29(24,25)28-20-13-18(22(23)26-2)12-19(14-20)27-15-17-6-4-3-5-7-17/h3-11,18-20H,12-15H2,1-2H3/t18-,19-,20-/m0/s1. The second-order valence-electron chi connectivity index (χ2n) is 7.33. The molecule has 0 amide bonds. The predicted octanol–water partition coefficient (Wildman–Crippen LogP) is 3.63. The third-order valence-electron chi connectivity index (χ3n) is 5.06. The number of rotatable bonds is 7. The molecule has 156 valence electrons. The van der Waals surface area contributed by atoms with E-state index in [1.807, 2.05) is 37.3 Å². The molecule has 0 aromatic heterocycles. The normalized spacial score (nSPS) is 22.2. The van der Waals surface area contributed by atoms with E-state index < -0.39 is 22.1 Å². The van der Waals surface area contributed by atoms with Gasteiger partial charge in [0, 0.05) is 6.42 Å². The van der Waals surface area contributed by atoms with Crippen LogP contribution in [0.25, 0.3) is 0 Å². The second-order valence-corrected chi connectivity index (χ2v) is 8.90. The summed E-state index contributed by atoms with van der Waals surface area (Å²) >= 11 is 0. The lowest BCUT2D eigenvalue weighted by molar-refractivity contribution is -0.150. The molecule has 0 N–H and O–H groups in total. The van der Waals surface area contributed by atoms with Crippen molar-refractivity contribution in [3.05, 3.63) is 65.7 Å². The molecule has 29 heavy (non-hydrogen) atoms. The van der Waals surface area contributed by atoms with Crippen molar-refractivity contribution in [3.8, 4) is 0 Å². The van der Waals surface area contributed by atoms with Crippen LogP contribution in [-0.4, -0.2) is 33.7 Å². The SMILES string of the molecule is COC(=O)[C@H]1C[C@H](OCc2ccccc2)C[C@@H](OS(=O)(=O)c2ccc(C)cc2)C1. The van der Waals surface area contributed by atoms with Gasteiger partial charge in [-0.1, -0.05) is 48.0 Å². The van der Waals surface area contributed by atoms with Crippen molar-refractivity contribution in [2.75, 3.05) is 7.11 Å². The number of hydrogen-bond acceptors (Lipinski definition) is 6. The Morgan fingerprint density at radius 2 is 1.62 bits per heavy atom. The summed E-state index contributed by atoms with van der Waals surface area (Å²) in [6.45, 7) is 2.27. The van der Waals surface area contributed by atoms with E-state index in [0.29, 0.717) is 19.4 Å². The fraction of sp³-hybridized carbons (Fsp3) is 0.409. The number of carbonyl (C=O) groups is 1. The molecule has 1 fully saturated rings. The van der Waals surface area contributed by atoms with E-state index in [4.69, 9.17) is 13.7 Å². The van der Waals surface area contributed by atoms with Crippen LogP contribution >= 0.6 is 0 Å². The Kier molecular flexibility index (Phi) is 7.05. The van der Waals surface area contributed by atoms with Crippen LogP contribution in [0.5, 0.6) is 0 Å². The molecule has 3 rings (SSSR count). The van der Waals surface area contributed by atoms with Gasteiger partial charge in [0.05, 0.1) is 36.7 Å². The zero-order chi connectivity index (χ0) is 20.9. The largest absolute Gasteiger partial charge is 0.469 e. The highest BCUT2D eigenvalue weighted by Gasteiger charge is 2.37. The molecule has 1 saturated carbocycles. The molecule has 6 nitrogen and oxygen atoms in total. The van der Waals surface area contributed by atoms with Crippen molar-refractivity contribution in [2.45, 2.75) is 49.9 Å². The Morgan fingerprint density at radius 3 is 2.28 bits per heavy atom. The van der Waals surface area contributed by atoms with E-state index in [0.717, 1.165) is 11.1 Å². The highest BCUT2D eigenvalue weighted by molar-refractivity contribution is 7.86. The van der Waals surface area contributed by atoms with Crippen molar-refractivity contribution < 1.29 is 26.9 Å². The molecule has 7 heteroatoms. The van der Waals surface area contributed by atoms with Crippen LogP contribution in [0.2, 0.25) is 0 Å². The average molecular weight is 419 g/mol. The quantitative estimate of drug-likeness (QED) is 0.505. The molecule has 0 saturated heterocycles. The van der Waals surface area contributed by atoms with Gasteiger partial charge >= 0.3 is 5.97 Å². The molecule has 2 aromatic carbocycles. The summed E-state index contributed by atoms with van der Waals surface area (Å²) in [7, 11) is -2.60. The topological polar surface area (TPSA) is 78.9 Å². The van der Waals surface area contributed by atoms with Crippen LogP contribution in [0.1, 0.15) is 30.4 Å². The van der Waals surface area contributed by atoms with Gasteiger partial charge in [-0.25, -0.2) is 0 Å². The first-order valence-corrected chi connectivity index (χ1v) is 11.0. The van der Waals surface area contributed by atoms with Crippen LogP contribution in [0.3, 0.4) is 0 Å². The van der Waals surface area contributed by atoms with E-state index in [1.165, 1.54) is 19.2 Å². The summed E-state index contributed by atoms with van der Waals surface area (Å²) in [6, 6.07) is 16.2. The van der Waals surface area contributed by atoms with Gasteiger partial charge in [0.2, 0.25) is 0 Å². The lowest BCUT2D eigenvalue weighted by Crippen LogP contribution is -2.37. The lowest BCUT2D eigenvalue weighted by atomic mass is 9.85. The molecule has 0 unspecified atom stereocenters. The highest BCUT2D eigenvalue weighted by Crippen LogP contribution is 2.32. The van der Waals surface area contributed by atoms with Gasteiger partial charge in [-0.05, 0) is 37.5 Å². The van der Waals surface area contributed by atoms with Crippen molar-refractivity contribution in [2.24, 2.45) is 5.92 Å². The van der Waals surface area contributed by atoms with E-state index in [-0.39, 0.29) is 23.4 Å². The van der Waals surface area contributed by atoms with Crippen LogP contribution in [0.4, 0.5) is 0 Å². The average Bonchev–Trinajstić information content (AvgIpc) is 2.72. The zero-order valence-corrected chi connectivity index (χ0v) is 17.4. The number of ether oxygens (including phenoxy) is 2. The first-order chi connectivity index (χ1) is 13.9. The molecule has 0 spiro atoms. The molecule has 2 aromatic rings. The van der Waals surface area contributed by atoms with E-state index in [2.05, 4.69) is 0 Å². The maximum absolute atomic E-state index is 12.7. The Bertz CT molecular complexity index is 908. The first kappa shape index (κ1) is 21.5. The van der Waals surface area contributed by atoms with Gasteiger partial charge in [0.15, 0.2) is 0 Å². The summed E-state index contributed by atoms with van der Waals surface area (Å²) in [6.07, 6.45) is 0.199. The molecular formula is C22H26O6S. The molecule has 0 bridgehead atoms. The predicted molar refractivity (Wildman–Crippen MR) is 108 cm³/mol. The van der Waals surface area contributed by atoms with Crippen LogP contribution in [-0.2, 0) is 35.2 Å². The fourth-order valence-electron chi connectivity index (χ4n) is 3.52. The van der Waals surface area contributed by atoms with Gasteiger partial charge in [0.25, 0.3) is 10.1 Å². The Balaban J connectivity index is 1.70. The molecule has 1 aliphatic rings. The van der Waals surface area contributed by atoms with Gasteiger partial charge in [-0.2, -0.15) is 8.42 Å². The van der Waals surface area contributed by atoms with E-state index in [1.54, 1.807) is 12.1 Å². The Morgan fingerprint density at radius 1 is 0.966 bits per heavy atom. The van der Waals surface area contributed by atoms with E-state index in [9.17, 15) is 13.2 Å². The van der Waals surface area contributed by atoms with Gasteiger partial charge in [-0.15, -0.1) is 0 Å². The Labute approximate surface area is 171 Å². The van der Waals surface area contributed by atoms with Gasteiger partial charge in [-0.3, -0.25) is 8.98 Å². The summed E-state index contributed by atoms with van der Waals surface area (Å²) in [4.78, 5) is 12.2. The molecule has 3 atom stereocenters. The molecule has 1 aliphatic carbocycles. The highest BCUT2D eigenvalue weighted by atomic mass is 32.2. The number of esters is 1. The van der Waals surface area contributed by atoms with Crippen molar-refractivity contribution >= 4 is 16.1 Å². The summed E-state index contributed by atoms with van der Waals surface area (Å²) < 4.78 is 41.7. The lowest BCUT2D eigenvalue weighted by Gasteiger charge is -2.33. The number of hydrogen-bond donors (Lipinski definition) is 0. The maximum atomic E-state index is 12.7. The molecular weight excluding hydrogens is 392 g/mol. The van der Waals surface area contributed by atoms with Gasteiger partial charge in [0.1, 0.15) is 0 Å². The van der Waals surface area contributed by atoms with Crippen molar-refractivity contribution in [3.63, 3.8) is 0 Å². The third kappa shape index (κ3) is 5.88. The molecule has 0 radical (unpaired) electrons. The number of methoxy groups -OCH3 is 1. The third-order valence-corrected chi connectivity index (χ3v) is 6.43. The number of aryl methyl sites for hydroxylation is 1. The Hall–Kier alpha value is -2.22. The second kappa shape index (κ2) is 9.52. The maximum Gasteiger partial charge on any atom is 0.308 e. The minimum Gasteiger partial charge on any atom is -0.469 e. The summed E-state index contributed by atoms with van der Waals surface area (Å²) in [5.41, 5.74) is 1.97. The minimum atomic E-state index is -3.93. The van der Waals surface area contributed by atoms with Gasteiger partial charge < -0.3 is 9.47 Å². The van der Waals surface area contributed by atoms with Crippen LogP contribution in [0, 0.1) is 12.8 Å². The fourth-order valence-corrected chi connectivity index (χ4v) is 4.61. The summed E-state index contributed by atoms with van der Waals surface area (Å²) in [5, 5.41) is 0. The van der Waals surface area contributed by atoms with Crippen molar-refractivity contribution in [1.29, 1.82) is 0 Å². The zero-order valence-electron chi connectivity index (χ0n) is 16.6. The smallest absolute Gasteiger partial charge is 0.308 e. The first-order valence-electron chi connectivity index (χ1n) is 9.60. The molecule has 0 aliphatic heterocycles. The van der Waals surface area contributed by atoms with E-state index >= 15 is 0 Å². The monoisotopic (exact) mass is 418 g/mol. The molecule has 0 heterocycles.